The van der Waals surface area contributed by atoms with Crippen molar-refractivity contribution in [3.63, 3.8) is 0 Å². The molecule has 0 saturated carbocycles. The molecule has 5 nitrogen and oxygen atoms in total. The van der Waals surface area contributed by atoms with Crippen molar-refractivity contribution in [2.24, 2.45) is 0 Å². The quantitative estimate of drug-likeness (QED) is 0.745. The number of hydrazine groups is 1. The summed E-state index contributed by atoms with van der Waals surface area (Å²) in [5.41, 5.74) is 7.02. The zero-order chi connectivity index (χ0) is 20.7. The number of carbonyl (C=O) groups excluding carboxylic acids is 2. The highest BCUT2D eigenvalue weighted by Gasteiger charge is 2.17. The molecular weight excluding hydrogens is 359 g/mol. The fraction of sp³-hybridized carbons (Fsp3) is 0.364. The molecule has 0 aliphatic heterocycles. The van der Waals surface area contributed by atoms with Crippen LogP contribution in [-0.4, -0.2) is 17.9 Å². The molecule has 1 atom stereocenters. The van der Waals surface area contributed by atoms with E-state index in [0.29, 0.717) is 6.42 Å². The van der Waals surface area contributed by atoms with E-state index in [1.54, 1.807) is 6.07 Å². The summed E-state index contributed by atoms with van der Waals surface area (Å²) in [6.45, 7) is 7.92. The summed E-state index contributed by atoms with van der Waals surface area (Å²) in [6, 6.07) is 14.0. The third-order valence-electron chi connectivity index (χ3n) is 4.30. The molecule has 0 radical (unpaired) electrons. The molecule has 1 unspecified atom stereocenters. The van der Waals surface area contributed by atoms with E-state index in [-0.39, 0.29) is 23.5 Å². The summed E-state index contributed by atoms with van der Waals surface area (Å²) in [7, 11) is 0. The van der Waals surface area contributed by atoms with E-state index in [1.807, 2.05) is 12.1 Å². The van der Waals surface area contributed by atoms with Crippen LogP contribution in [0, 0.1) is 5.82 Å². The molecule has 0 aliphatic carbocycles. The predicted molar refractivity (Wildman–Crippen MR) is 106 cm³/mol. The molecule has 28 heavy (non-hydrogen) atoms. The van der Waals surface area contributed by atoms with Gasteiger partial charge in [-0.1, -0.05) is 57.2 Å². The van der Waals surface area contributed by atoms with Crippen LogP contribution in [0.4, 0.5) is 4.39 Å². The monoisotopic (exact) mass is 386 g/mol. The third-order valence-corrected chi connectivity index (χ3v) is 4.30. The highest BCUT2D eigenvalue weighted by atomic mass is 19.1. The van der Waals surface area contributed by atoms with Crippen LogP contribution in [0.15, 0.2) is 48.5 Å². The van der Waals surface area contributed by atoms with Crippen LogP contribution in [0.25, 0.3) is 0 Å². The standard InChI is InChI=1S/C22H27FN2O3/c1-15(28-19-8-6-5-7-18(19)23)21(27)25-24-20(26)14-11-16-9-12-17(13-10-16)22(2,3)4/h5-10,12-13,15H,11,14H2,1-4H3,(H,24,26)(H,25,27). The van der Waals surface area contributed by atoms with Gasteiger partial charge >= 0.3 is 0 Å². The van der Waals surface area contributed by atoms with E-state index >= 15 is 0 Å². The topological polar surface area (TPSA) is 67.4 Å². The van der Waals surface area contributed by atoms with Gasteiger partial charge < -0.3 is 4.74 Å². The van der Waals surface area contributed by atoms with Gasteiger partial charge in [-0.15, -0.1) is 0 Å². The zero-order valence-corrected chi connectivity index (χ0v) is 16.7. The lowest BCUT2D eigenvalue weighted by atomic mass is 9.86. The second kappa shape index (κ2) is 9.35. The molecule has 0 bridgehead atoms. The molecule has 0 aliphatic rings. The van der Waals surface area contributed by atoms with Crippen molar-refractivity contribution >= 4 is 11.8 Å². The normalized spacial score (nSPS) is 12.2. The molecule has 0 saturated heterocycles. The Balaban J connectivity index is 1.75. The van der Waals surface area contributed by atoms with Crippen molar-refractivity contribution in [3.8, 4) is 5.75 Å². The van der Waals surface area contributed by atoms with Crippen LogP contribution in [0.1, 0.15) is 45.2 Å². The minimum absolute atomic E-state index is 0.0184. The second-order valence-corrected chi connectivity index (χ2v) is 7.67. The van der Waals surface area contributed by atoms with Crippen LogP contribution < -0.4 is 15.6 Å². The van der Waals surface area contributed by atoms with Gasteiger partial charge in [0.05, 0.1) is 0 Å². The number of nitrogens with one attached hydrogen (secondary N) is 2. The molecule has 6 heteroatoms. The van der Waals surface area contributed by atoms with Gasteiger partial charge in [-0.05, 0) is 42.0 Å². The number of carbonyl (C=O) groups is 2. The Bertz CT molecular complexity index is 813. The largest absolute Gasteiger partial charge is 0.478 e. The van der Waals surface area contributed by atoms with E-state index in [2.05, 4.69) is 43.8 Å². The molecular formula is C22H27FN2O3. The molecule has 0 spiro atoms. The third kappa shape index (κ3) is 6.37. The summed E-state index contributed by atoms with van der Waals surface area (Å²) >= 11 is 0. The van der Waals surface area contributed by atoms with Gasteiger partial charge in [0.25, 0.3) is 5.91 Å². The van der Waals surface area contributed by atoms with E-state index < -0.39 is 17.8 Å². The minimum Gasteiger partial charge on any atom is -0.478 e. The van der Waals surface area contributed by atoms with Gasteiger partial charge in [0.1, 0.15) is 0 Å². The summed E-state index contributed by atoms with van der Waals surface area (Å²) < 4.78 is 18.8. The first-order chi connectivity index (χ1) is 13.2. The summed E-state index contributed by atoms with van der Waals surface area (Å²) in [4.78, 5) is 24.0. The van der Waals surface area contributed by atoms with Crippen molar-refractivity contribution in [2.75, 3.05) is 0 Å². The SMILES string of the molecule is CC(Oc1ccccc1F)C(=O)NNC(=O)CCc1ccc(C(C)(C)C)cc1. The highest BCUT2D eigenvalue weighted by molar-refractivity contribution is 5.84. The lowest BCUT2D eigenvalue weighted by molar-refractivity contribution is -0.132. The molecule has 0 heterocycles. The molecule has 2 rings (SSSR count). The van der Waals surface area contributed by atoms with E-state index in [4.69, 9.17) is 4.74 Å². The van der Waals surface area contributed by atoms with Gasteiger partial charge in [0.2, 0.25) is 5.91 Å². The summed E-state index contributed by atoms with van der Waals surface area (Å²) in [5.74, 6) is -1.45. The highest BCUT2D eigenvalue weighted by Crippen LogP contribution is 2.22. The second-order valence-electron chi connectivity index (χ2n) is 7.67. The molecule has 2 aromatic carbocycles. The van der Waals surface area contributed by atoms with Gasteiger partial charge in [0, 0.05) is 6.42 Å². The van der Waals surface area contributed by atoms with Crippen LogP contribution in [0.2, 0.25) is 0 Å². The maximum Gasteiger partial charge on any atom is 0.279 e. The molecule has 150 valence electrons. The van der Waals surface area contributed by atoms with E-state index in [0.717, 1.165) is 5.56 Å². The number of para-hydroxylation sites is 1. The number of ether oxygens (including phenoxy) is 1. The number of amides is 2. The average molecular weight is 386 g/mol. The number of halogens is 1. The van der Waals surface area contributed by atoms with Gasteiger partial charge in [-0.2, -0.15) is 0 Å². The first-order valence-corrected chi connectivity index (χ1v) is 9.26. The average Bonchev–Trinajstić information content (AvgIpc) is 2.65. The minimum atomic E-state index is -0.956. The number of hydrogen-bond acceptors (Lipinski definition) is 3. The van der Waals surface area contributed by atoms with E-state index in [1.165, 1.54) is 30.7 Å². The Kier molecular flexibility index (Phi) is 7.15. The molecule has 0 fully saturated rings. The van der Waals surface area contributed by atoms with Gasteiger partial charge in [0.15, 0.2) is 17.7 Å². The number of aryl methyl sites for hydroxylation is 1. The molecule has 2 N–H and O–H groups in total. The summed E-state index contributed by atoms with van der Waals surface area (Å²) in [5, 5.41) is 0. The maximum absolute atomic E-state index is 13.6. The lowest BCUT2D eigenvalue weighted by Crippen LogP contribution is -2.47. The Morgan fingerprint density at radius 3 is 2.29 bits per heavy atom. The predicted octanol–water partition coefficient (Wildman–Crippen LogP) is 3.67. The van der Waals surface area contributed by atoms with Crippen molar-refractivity contribution in [1.82, 2.24) is 10.9 Å². The number of benzene rings is 2. The van der Waals surface area contributed by atoms with Crippen LogP contribution >= 0.6 is 0 Å². The smallest absolute Gasteiger partial charge is 0.279 e. The van der Waals surface area contributed by atoms with Crippen LogP contribution in [0.3, 0.4) is 0 Å². The Morgan fingerprint density at radius 1 is 1.04 bits per heavy atom. The van der Waals surface area contributed by atoms with Crippen molar-refractivity contribution in [3.05, 3.63) is 65.5 Å². The molecule has 0 aromatic heterocycles. The molecule has 2 amide bonds. The van der Waals surface area contributed by atoms with Crippen molar-refractivity contribution < 1.29 is 18.7 Å². The fourth-order valence-corrected chi connectivity index (χ4v) is 2.51. The van der Waals surface area contributed by atoms with Crippen molar-refractivity contribution in [2.45, 2.75) is 52.1 Å². The first-order valence-electron chi connectivity index (χ1n) is 9.26. The van der Waals surface area contributed by atoms with E-state index in [9.17, 15) is 14.0 Å². The Hall–Kier alpha value is -2.89. The maximum atomic E-state index is 13.6. The van der Waals surface area contributed by atoms with Gasteiger partial charge in [-0.25, -0.2) is 4.39 Å². The number of rotatable bonds is 6. The fourth-order valence-electron chi connectivity index (χ4n) is 2.51. The number of hydrogen-bond donors (Lipinski definition) is 2. The summed E-state index contributed by atoms with van der Waals surface area (Å²) in [6.07, 6.45) is -0.160. The zero-order valence-electron chi connectivity index (χ0n) is 16.7. The van der Waals surface area contributed by atoms with Crippen LogP contribution in [0.5, 0.6) is 5.75 Å². The Morgan fingerprint density at radius 2 is 1.68 bits per heavy atom. The first kappa shape index (κ1) is 21.4. The van der Waals surface area contributed by atoms with Crippen LogP contribution in [-0.2, 0) is 21.4 Å². The molecule has 2 aromatic rings. The van der Waals surface area contributed by atoms with Crippen molar-refractivity contribution in [1.29, 1.82) is 0 Å². The lowest BCUT2D eigenvalue weighted by Gasteiger charge is -2.19. The Labute approximate surface area is 165 Å². The van der Waals surface area contributed by atoms with Gasteiger partial charge in [-0.3, -0.25) is 20.4 Å².